The second kappa shape index (κ2) is 5.66. The molecule has 0 aromatic carbocycles. The second-order valence-corrected chi connectivity index (χ2v) is 4.25. The highest BCUT2D eigenvalue weighted by Crippen LogP contribution is 2.26. The maximum Gasteiger partial charge on any atom is 0.227 e. The highest BCUT2D eigenvalue weighted by Gasteiger charge is 2.12. The third-order valence-corrected chi connectivity index (χ3v) is 3.58. The van der Waals surface area contributed by atoms with Crippen molar-refractivity contribution in [3.63, 3.8) is 0 Å². The van der Waals surface area contributed by atoms with Crippen LogP contribution in [0.2, 0.25) is 5.15 Å². The Hall–Kier alpha value is -0.350. The van der Waals surface area contributed by atoms with Crippen molar-refractivity contribution in [3.8, 4) is 0 Å². The molecule has 0 N–H and O–H groups in total. The van der Waals surface area contributed by atoms with Crippen LogP contribution in [-0.2, 0) is 6.42 Å². The van der Waals surface area contributed by atoms with Gasteiger partial charge in [0.25, 0.3) is 0 Å². The van der Waals surface area contributed by atoms with E-state index in [0.717, 1.165) is 29.7 Å². The van der Waals surface area contributed by atoms with E-state index in [0.29, 0.717) is 11.1 Å². The number of aromatic nitrogens is 2. The third kappa shape index (κ3) is 2.82. The Morgan fingerprint density at radius 2 is 1.80 bits per heavy atom. The molecule has 0 spiro atoms. The molecular weight excluding hydrogens is 277 g/mol. The number of aryl methyl sites for hydroxylation is 1. The second-order valence-electron chi connectivity index (χ2n) is 3.10. The standard InChI is InChI=1S/C10H15BrClN3/c1-4-7-8(11)9(12)14-10(13-7)15(5-2)6-3/h4-6H2,1-3H3. The molecule has 0 saturated carbocycles. The van der Waals surface area contributed by atoms with Crippen molar-refractivity contribution in [2.24, 2.45) is 0 Å². The normalized spacial score (nSPS) is 10.5. The summed E-state index contributed by atoms with van der Waals surface area (Å²) >= 11 is 9.42. The van der Waals surface area contributed by atoms with Crippen LogP contribution in [0.4, 0.5) is 5.95 Å². The van der Waals surface area contributed by atoms with E-state index in [1.807, 2.05) is 0 Å². The van der Waals surface area contributed by atoms with Gasteiger partial charge in [-0.3, -0.25) is 0 Å². The van der Waals surface area contributed by atoms with Crippen LogP contribution in [-0.4, -0.2) is 23.1 Å². The first-order chi connectivity index (χ1) is 7.13. The maximum atomic E-state index is 6.03. The van der Waals surface area contributed by atoms with Crippen LogP contribution in [0.5, 0.6) is 0 Å². The Morgan fingerprint density at radius 1 is 1.20 bits per heavy atom. The zero-order valence-corrected chi connectivity index (χ0v) is 11.6. The summed E-state index contributed by atoms with van der Waals surface area (Å²) in [5, 5.41) is 0.490. The van der Waals surface area contributed by atoms with Gasteiger partial charge in [0.2, 0.25) is 5.95 Å². The summed E-state index contributed by atoms with van der Waals surface area (Å²) in [6, 6.07) is 0. The molecule has 0 bridgehead atoms. The van der Waals surface area contributed by atoms with Crippen LogP contribution in [0.25, 0.3) is 0 Å². The molecule has 3 nitrogen and oxygen atoms in total. The smallest absolute Gasteiger partial charge is 0.227 e. The molecule has 5 heteroatoms. The first-order valence-electron chi connectivity index (χ1n) is 5.10. The van der Waals surface area contributed by atoms with Gasteiger partial charge in [-0.05, 0) is 36.2 Å². The monoisotopic (exact) mass is 291 g/mol. The van der Waals surface area contributed by atoms with Gasteiger partial charge in [0.05, 0.1) is 10.2 Å². The predicted octanol–water partition coefficient (Wildman–Crippen LogP) is 3.30. The molecule has 0 aliphatic heterocycles. The highest BCUT2D eigenvalue weighted by atomic mass is 79.9. The summed E-state index contributed by atoms with van der Waals surface area (Å²) in [4.78, 5) is 10.8. The summed E-state index contributed by atoms with van der Waals surface area (Å²) in [6.45, 7) is 7.98. The Kier molecular flexibility index (Phi) is 4.80. The van der Waals surface area contributed by atoms with Crippen LogP contribution in [0.3, 0.4) is 0 Å². The van der Waals surface area contributed by atoms with Crippen molar-refractivity contribution in [2.45, 2.75) is 27.2 Å². The summed E-state index contributed by atoms with van der Waals surface area (Å²) in [5.41, 5.74) is 0.955. The Bertz CT molecular complexity index is 340. The third-order valence-electron chi connectivity index (χ3n) is 2.25. The molecule has 15 heavy (non-hydrogen) atoms. The number of hydrogen-bond acceptors (Lipinski definition) is 3. The van der Waals surface area contributed by atoms with Crippen LogP contribution < -0.4 is 4.90 Å². The molecule has 1 aromatic heterocycles. The summed E-state index contributed by atoms with van der Waals surface area (Å²) < 4.78 is 0.808. The minimum Gasteiger partial charge on any atom is -0.341 e. The molecule has 0 fully saturated rings. The number of rotatable bonds is 4. The van der Waals surface area contributed by atoms with Gasteiger partial charge in [0.1, 0.15) is 5.15 Å². The van der Waals surface area contributed by atoms with E-state index in [2.05, 4.69) is 51.6 Å². The topological polar surface area (TPSA) is 29.0 Å². The van der Waals surface area contributed by atoms with Gasteiger partial charge >= 0.3 is 0 Å². The first kappa shape index (κ1) is 12.7. The molecule has 84 valence electrons. The van der Waals surface area contributed by atoms with E-state index in [1.54, 1.807) is 0 Å². The molecule has 0 radical (unpaired) electrons. The number of hydrogen-bond donors (Lipinski definition) is 0. The first-order valence-corrected chi connectivity index (χ1v) is 6.27. The zero-order valence-electron chi connectivity index (χ0n) is 9.22. The van der Waals surface area contributed by atoms with Crippen molar-refractivity contribution in [1.29, 1.82) is 0 Å². The number of halogens is 2. The molecule has 0 unspecified atom stereocenters. The maximum absolute atomic E-state index is 6.03. The highest BCUT2D eigenvalue weighted by molar-refractivity contribution is 9.10. The molecule has 1 rings (SSSR count). The minimum atomic E-state index is 0.490. The average Bonchev–Trinajstić information content (AvgIpc) is 2.24. The van der Waals surface area contributed by atoms with Gasteiger partial charge in [-0.15, -0.1) is 0 Å². The van der Waals surface area contributed by atoms with Crippen LogP contribution >= 0.6 is 27.5 Å². The molecule has 0 atom stereocenters. The minimum absolute atomic E-state index is 0.490. The molecule has 0 saturated heterocycles. The molecular formula is C10H15BrClN3. The van der Waals surface area contributed by atoms with Crippen molar-refractivity contribution in [1.82, 2.24) is 9.97 Å². The van der Waals surface area contributed by atoms with Gasteiger partial charge < -0.3 is 4.90 Å². The number of anilines is 1. The van der Waals surface area contributed by atoms with Gasteiger partial charge in [0, 0.05) is 13.1 Å². The largest absolute Gasteiger partial charge is 0.341 e. The summed E-state index contributed by atoms with van der Waals surface area (Å²) in [6.07, 6.45) is 0.844. The van der Waals surface area contributed by atoms with E-state index in [4.69, 9.17) is 11.6 Å². The molecule has 0 aliphatic rings. The van der Waals surface area contributed by atoms with Crippen LogP contribution in [0.1, 0.15) is 26.5 Å². The lowest BCUT2D eigenvalue weighted by atomic mass is 10.3. The fraction of sp³-hybridized carbons (Fsp3) is 0.600. The van der Waals surface area contributed by atoms with E-state index < -0.39 is 0 Å². The lowest BCUT2D eigenvalue weighted by molar-refractivity contribution is 0.808. The Morgan fingerprint density at radius 3 is 2.27 bits per heavy atom. The van der Waals surface area contributed by atoms with Gasteiger partial charge in [-0.2, -0.15) is 4.98 Å². The lowest BCUT2D eigenvalue weighted by Crippen LogP contribution is -2.24. The van der Waals surface area contributed by atoms with Crippen molar-refractivity contribution >= 4 is 33.5 Å². The van der Waals surface area contributed by atoms with E-state index in [9.17, 15) is 0 Å². The summed E-state index contributed by atoms with van der Waals surface area (Å²) in [7, 11) is 0. The van der Waals surface area contributed by atoms with Gasteiger partial charge in [0.15, 0.2) is 0 Å². The lowest BCUT2D eigenvalue weighted by Gasteiger charge is -2.19. The zero-order chi connectivity index (χ0) is 11.4. The van der Waals surface area contributed by atoms with Gasteiger partial charge in [-0.1, -0.05) is 18.5 Å². The Balaban J connectivity index is 3.15. The number of nitrogens with zero attached hydrogens (tertiary/aromatic N) is 3. The fourth-order valence-electron chi connectivity index (χ4n) is 1.33. The van der Waals surface area contributed by atoms with E-state index in [1.165, 1.54) is 0 Å². The van der Waals surface area contributed by atoms with Crippen molar-refractivity contribution < 1.29 is 0 Å². The van der Waals surface area contributed by atoms with E-state index in [-0.39, 0.29) is 0 Å². The quantitative estimate of drug-likeness (QED) is 0.797. The van der Waals surface area contributed by atoms with Crippen molar-refractivity contribution in [2.75, 3.05) is 18.0 Å². The van der Waals surface area contributed by atoms with E-state index >= 15 is 0 Å². The fourth-order valence-corrected chi connectivity index (χ4v) is 1.98. The predicted molar refractivity (Wildman–Crippen MR) is 67.7 cm³/mol. The van der Waals surface area contributed by atoms with Gasteiger partial charge in [-0.25, -0.2) is 4.98 Å². The molecule has 1 heterocycles. The van der Waals surface area contributed by atoms with Crippen LogP contribution in [0.15, 0.2) is 4.47 Å². The summed E-state index contributed by atoms with van der Waals surface area (Å²) in [5.74, 6) is 0.713. The SMILES string of the molecule is CCc1nc(N(CC)CC)nc(Cl)c1Br. The molecule has 1 aromatic rings. The Labute approximate surface area is 104 Å². The molecule has 0 amide bonds. The van der Waals surface area contributed by atoms with Crippen molar-refractivity contribution in [3.05, 3.63) is 15.3 Å². The van der Waals surface area contributed by atoms with Crippen LogP contribution in [0, 0.1) is 0 Å². The molecule has 0 aliphatic carbocycles. The average molecular weight is 293 g/mol.